The average Bonchev–Trinajstić information content (AvgIpc) is 2.36. The normalized spacial score (nSPS) is 13.1. The van der Waals surface area contributed by atoms with E-state index in [1.54, 1.807) is 18.0 Å². The number of carbonyl (C=O) groups is 1. The molecule has 106 valence electrons. The van der Waals surface area contributed by atoms with Gasteiger partial charge in [-0.1, -0.05) is 26.3 Å². The molecular weight excluding hydrogens is 264 g/mol. The predicted octanol–water partition coefficient (Wildman–Crippen LogP) is 1.45. The van der Waals surface area contributed by atoms with Crippen molar-refractivity contribution >= 4 is 15.9 Å². The van der Waals surface area contributed by atoms with Crippen molar-refractivity contribution in [2.24, 2.45) is 11.1 Å². The highest BCUT2D eigenvalue weighted by Crippen LogP contribution is 2.13. The summed E-state index contributed by atoms with van der Waals surface area (Å²) in [5.41, 5.74) is 0.331. The van der Waals surface area contributed by atoms with Gasteiger partial charge in [0.1, 0.15) is 0 Å². The number of primary sulfonamides is 1. The third kappa shape index (κ3) is 4.33. The smallest absolute Gasteiger partial charge is 0.253 e. The lowest BCUT2D eigenvalue weighted by Crippen LogP contribution is -2.31. The van der Waals surface area contributed by atoms with E-state index in [9.17, 15) is 13.2 Å². The molecule has 2 N–H and O–H groups in total. The van der Waals surface area contributed by atoms with Gasteiger partial charge in [0.05, 0.1) is 4.90 Å². The van der Waals surface area contributed by atoms with Crippen LogP contribution in [0.15, 0.2) is 29.2 Å². The molecule has 1 aromatic carbocycles. The van der Waals surface area contributed by atoms with E-state index in [-0.39, 0.29) is 10.8 Å². The summed E-state index contributed by atoms with van der Waals surface area (Å²) in [7, 11) is -2.08. The fourth-order valence-electron chi connectivity index (χ4n) is 1.71. The average molecular weight is 284 g/mol. The lowest BCUT2D eigenvalue weighted by Gasteiger charge is -2.21. The summed E-state index contributed by atoms with van der Waals surface area (Å²) in [6.07, 6.45) is 0.981. The summed E-state index contributed by atoms with van der Waals surface area (Å²) in [4.78, 5) is 13.7. The SMILES string of the molecule is CCC(C)CN(C)C(=O)c1cccc(S(N)(=O)=O)c1. The Balaban J connectivity index is 2.94. The van der Waals surface area contributed by atoms with Gasteiger partial charge >= 0.3 is 0 Å². The molecule has 1 atom stereocenters. The maximum Gasteiger partial charge on any atom is 0.253 e. The van der Waals surface area contributed by atoms with Crippen LogP contribution in [0, 0.1) is 5.92 Å². The summed E-state index contributed by atoms with van der Waals surface area (Å²) >= 11 is 0. The first-order valence-electron chi connectivity index (χ1n) is 6.14. The minimum absolute atomic E-state index is 0.0460. The van der Waals surface area contributed by atoms with E-state index < -0.39 is 10.0 Å². The van der Waals surface area contributed by atoms with Crippen molar-refractivity contribution < 1.29 is 13.2 Å². The van der Waals surface area contributed by atoms with Gasteiger partial charge in [-0.3, -0.25) is 4.79 Å². The van der Waals surface area contributed by atoms with Gasteiger partial charge in [0.15, 0.2) is 0 Å². The molecule has 0 aliphatic carbocycles. The molecule has 0 saturated carbocycles. The number of amides is 1. The number of carbonyl (C=O) groups excluding carboxylic acids is 1. The second-order valence-corrected chi connectivity index (χ2v) is 6.33. The molecule has 5 nitrogen and oxygen atoms in total. The van der Waals surface area contributed by atoms with Crippen LogP contribution in [-0.4, -0.2) is 32.8 Å². The maximum absolute atomic E-state index is 12.2. The van der Waals surface area contributed by atoms with Gasteiger partial charge in [-0.2, -0.15) is 0 Å². The van der Waals surface area contributed by atoms with Crippen LogP contribution in [0.1, 0.15) is 30.6 Å². The highest BCUT2D eigenvalue weighted by atomic mass is 32.2. The molecule has 0 aliphatic heterocycles. The fraction of sp³-hybridized carbons (Fsp3) is 0.462. The highest BCUT2D eigenvalue weighted by molar-refractivity contribution is 7.89. The van der Waals surface area contributed by atoms with Crippen molar-refractivity contribution in [1.29, 1.82) is 0 Å². The molecule has 1 amide bonds. The molecule has 0 fully saturated rings. The fourth-order valence-corrected chi connectivity index (χ4v) is 2.27. The Bertz CT molecular complexity index is 555. The molecule has 0 spiro atoms. The number of benzene rings is 1. The van der Waals surface area contributed by atoms with Crippen molar-refractivity contribution in [3.63, 3.8) is 0 Å². The van der Waals surface area contributed by atoms with Gasteiger partial charge in [-0.25, -0.2) is 13.6 Å². The number of nitrogens with two attached hydrogens (primary N) is 1. The Labute approximate surface area is 114 Å². The van der Waals surface area contributed by atoms with Gasteiger partial charge in [-0.05, 0) is 24.1 Å². The molecule has 0 aromatic heterocycles. The Hall–Kier alpha value is -1.40. The first-order valence-corrected chi connectivity index (χ1v) is 7.68. The molecule has 0 bridgehead atoms. The number of sulfonamides is 1. The van der Waals surface area contributed by atoms with E-state index in [4.69, 9.17) is 5.14 Å². The van der Waals surface area contributed by atoms with Gasteiger partial charge < -0.3 is 4.90 Å². The van der Waals surface area contributed by atoms with Gasteiger partial charge in [0, 0.05) is 19.2 Å². The molecule has 0 aliphatic rings. The van der Waals surface area contributed by atoms with E-state index in [1.807, 2.05) is 0 Å². The summed E-state index contributed by atoms with van der Waals surface area (Å²) in [5.74, 6) is 0.196. The van der Waals surface area contributed by atoms with Crippen LogP contribution in [0.3, 0.4) is 0 Å². The molecular formula is C13H20N2O3S. The van der Waals surface area contributed by atoms with Crippen molar-refractivity contribution in [2.45, 2.75) is 25.2 Å². The molecule has 1 aromatic rings. The van der Waals surface area contributed by atoms with Crippen LogP contribution in [-0.2, 0) is 10.0 Å². The van der Waals surface area contributed by atoms with Crippen LogP contribution >= 0.6 is 0 Å². The van der Waals surface area contributed by atoms with Crippen LogP contribution in [0.5, 0.6) is 0 Å². The van der Waals surface area contributed by atoms with Crippen molar-refractivity contribution in [3.05, 3.63) is 29.8 Å². The van der Waals surface area contributed by atoms with E-state index in [0.29, 0.717) is 18.0 Å². The summed E-state index contributed by atoms with van der Waals surface area (Å²) < 4.78 is 22.5. The van der Waals surface area contributed by atoms with E-state index >= 15 is 0 Å². The minimum Gasteiger partial charge on any atom is -0.341 e. The van der Waals surface area contributed by atoms with Gasteiger partial charge in [-0.15, -0.1) is 0 Å². The largest absolute Gasteiger partial charge is 0.341 e. The highest BCUT2D eigenvalue weighted by Gasteiger charge is 2.16. The maximum atomic E-state index is 12.2. The molecule has 19 heavy (non-hydrogen) atoms. The number of nitrogens with zero attached hydrogens (tertiary/aromatic N) is 1. The Kier molecular flexibility index (Phi) is 5.08. The summed E-state index contributed by atoms with van der Waals surface area (Å²) in [6, 6.07) is 5.79. The van der Waals surface area contributed by atoms with Crippen molar-refractivity contribution in [1.82, 2.24) is 4.90 Å². The third-order valence-electron chi connectivity index (χ3n) is 3.04. The molecule has 0 saturated heterocycles. The van der Waals surface area contributed by atoms with E-state index in [1.165, 1.54) is 18.2 Å². The first-order chi connectivity index (χ1) is 8.75. The van der Waals surface area contributed by atoms with Gasteiger partial charge in [0.2, 0.25) is 10.0 Å². The standard InChI is InChI=1S/C13H20N2O3S/c1-4-10(2)9-15(3)13(16)11-6-5-7-12(8-11)19(14,17)18/h5-8,10H,4,9H2,1-3H3,(H2,14,17,18). The van der Waals surface area contributed by atoms with Crippen molar-refractivity contribution in [3.8, 4) is 0 Å². The molecule has 0 heterocycles. The van der Waals surface area contributed by atoms with Crippen LogP contribution in [0.25, 0.3) is 0 Å². The number of hydrogen-bond donors (Lipinski definition) is 1. The minimum atomic E-state index is -3.78. The van der Waals surface area contributed by atoms with Crippen LogP contribution in [0.4, 0.5) is 0 Å². The zero-order chi connectivity index (χ0) is 14.6. The third-order valence-corrected chi connectivity index (χ3v) is 3.95. The van der Waals surface area contributed by atoms with E-state index in [2.05, 4.69) is 13.8 Å². The molecule has 1 unspecified atom stereocenters. The number of rotatable bonds is 5. The first kappa shape index (κ1) is 15.7. The molecule has 0 radical (unpaired) electrons. The second kappa shape index (κ2) is 6.16. The number of hydrogen-bond acceptors (Lipinski definition) is 3. The quantitative estimate of drug-likeness (QED) is 0.888. The second-order valence-electron chi connectivity index (χ2n) is 4.77. The van der Waals surface area contributed by atoms with Crippen LogP contribution in [0.2, 0.25) is 0 Å². The van der Waals surface area contributed by atoms with Crippen molar-refractivity contribution in [2.75, 3.05) is 13.6 Å². The predicted molar refractivity (Wildman–Crippen MR) is 74.2 cm³/mol. The molecule has 1 rings (SSSR count). The zero-order valence-corrected chi connectivity index (χ0v) is 12.3. The zero-order valence-electron chi connectivity index (χ0n) is 11.5. The summed E-state index contributed by atoms with van der Waals surface area (Å²) in [6.45, 7) is 4.75. The Morgan fingerprint density at radius 1 is 1.42 bits per heavy atom. The molecule has 6 heteroatoms. The van der Waals surface area contributed by atoms with E-state index in [0.717, 1.165) is 6.42 Å². The lowest BCUT2D eigenvalue weighted by atomic mass is 10.1. The Morgan fingerprint density at radius 3 is 2.58 bits per heavy atom. The lowest BCUT2D eigenvalue weighted by molar-refractivity contribution is 0.0774. The topological polar surface area (TPSA) is 80.5 Å². The Morgan fingerprint density at radius 2 is 2.05 bits per heavy atom. The summed E-state index contributed by atoms with van der Waals surface area (Å²) in [5, 5.41) is 5.05. The van der Waals surface area contributed by atoms with Crippen LogP contribution < -0.4 is 5.14 Å². The monoisotopic (exact) mass is 284 g/mol. The van der Waals surface area contributed by atoms with Gasteiger partial charge in [0.25, 0.3) is 5.91 Å².